The van der Waals surface area contributed by atoms with Crippen LogP contribution in [0, 0.1) is 18.3 Å². The third kappa shape index (κ3) is 3.63. The number of hydrogen-bond acceptors (Lipinski definition) is 4. The lowest BCUT2D eigenvalue weighted by molar-refractivity contribution is 0.234. The van der Waals surface area contributed by atoms with Gasteiger partial charge in [0.2, 0.25) is 11.8 Å². The van der Waals surface area contributed by atoms with Gasteiger partial charge in [-0.15, -0.1) is 10.2 Å². The van der Waals surface area contributed by atoms with Crippen LogP contribution in [0.2, 0.25) is 0 Å². The predicted octanol–water partition coefficient (Wildman–Crippen LogP) is 2.15. The Kier molecular flexibility index (Phi) is 3.85. The molecular formula is C11H21N3O. The van der Waals surface area contributed by atoms with E-state index >= 15 is 0 Å². The number of nitrogens with one attached hydrogen (secondary N) is 1. The Balaban J connectivity index is 2.33. The van der Waals surface area contributed by atoms with Gasteiger partial charge >= 0.3 is 0 Å². The third-order valence-electron chi connectivity index (χ3n) is 2.99. The first-order valence-electron chi connectivity index (χ1n) is 5.41. The van der Waals surface area contributed by atoms with Crippen molar-refractivity contribution in [1.82, 2.24) is 15.5 Å². The summed E-state index contributed by atoms with van der Waals surface area (Å²) >= 11 is 0. The van der Waals surface area contributed by atoms with E-state index < -0.39 is 0 Å². The van der Waals surface area contributed by atoms with Crippen molar-refractivity contribution in [2.45, 2.75) is 41.2 Å². The van der Waals surface area contributed by atoms with Crippen molar-refractivity contribution in [3.8, 4) is 0 Å². The molecule has 1 N–H and O–H groups in total. The summed E-state index contributed by atoms with van der Waals surface area (Å²) in [5.41, 5.74) is 0.287. The average Bonchev–Trinajstić information content (AvgIpc) is 2.51. The van der Waals surface area contributed by atoms with E-state index in [1.807, 2.05) is 0 Å². The Hall–Kier alpha value is -0.900. The summed E-state index contributed by atoms with van der Waals surface area (Å²) in [5, 5.41) is 11.1. The van der Waals surface area contributed by atoms with E-state index in [1.165, 1.54) is 0 Å². The van der Waals surface area contributed by atoms with Gasteiger partial charge in [-0.05, 0) is 11.3 Å². The molecule has 0 fully saturated rings. The van der Waals surface area contributed by atoms with Crippen LogP contribution in [0.3, 0.4) is 0 Å². The van der Waals surface area contributed by atoms with Gasteiger partial charge in [0.15, 0.2) is 0 Å². The van der Waals surface area contributed by atoms with Gasteiger partial charge < -0.3 is 9.73 Å². The first kappa shape index (κ1) is 12.2. The van der Waals surface area contributed by atoms with Crippen LogP contribution in [0.5, 0.6) is 0 Å². The number of rotatable bonds is 5. The molecule has 1 aromatic heterocycles. The molecule has 4 nitrogen and oxygen atoms in total. The molecule has 0 bridgehead atoms. The summed E-state index contributed by atoms with van der Waals surface area (Å²) in [5.74, 6) is 1.93. The van der Waals surface area contributed by atoms with Crippen LogP contribution in [0.4, 0.5) is 0 Å². The Morgan fingerprint density at radius 1 is 1.33 bits per heavy atom. The zero-order chi connectivity index (χ0) is 11.5. The van der Waals surface area contributed by atoms with Gasteiger partial charge in [0.25, 0.3) is 0 Å². The van der Waals surface area contributed by atoms with Gasteiger partial charge in [-0.1, -0.05) is 27.7 Å². The van der Waals surface area contributed by atoms with E-state index in [1.54, 1.807) is 6.92 Å². The van der Waals surface area contributed by atoms with Crippen LogP contribution >= 0.6 is 0 Å². The SMILES string of the molecule is Cc1nnc(CNCC(C)(C)C(C)C)o1. The Morgan fingerprint density at radius 2 is 2.00 bits per heavy atom. The normalized spacial score (nSPS) is 12.4. The number of aromatic nitrogens is 2. The molecule has 0 aliphatic rings. The van der Waals surface area contributed by atoms with E-state index in [-0.39, 0.29) is 5.41 Å². The van der Waals surface area contributed by atoms with Crippen LogP contribution in [0.25, 0.3) is 0 Å². The fourth-order valence-electron chi connectivity index (χ4n) is 1.10. The quantitative estimate of drug-likeness (QED) is 0.810. The minimum atomic E-state index is 0.287. The number of aryl methyl sites for hydroxylation is 1. The summed E-state index contributed by atoms with van der Waals surface area (Å²) in [6.45, 7) is 12.4. The largest absolute Gasteiger partial charge is 0.424 e. The number of nitrogens with zero attached hydrogens (tertiary/aromatic N) is 2. The van der Waals surface area contributed by atoms with E-state index in [2.05, 4.69) is 43.2 Å². The Morgan fingerprint density at radius 3 is 2.47 bits per heavy atom. The second kappa shape index (κ2) is 4.75. The van der Waals surface area contributed by atoms with E-state index in [4.69, 9.17) is 4.42 Å². The van der Waals surface area contributed by atoms with Gasteiger partial charge in [0, 0.05) is 13.5 Å². The molecular weight excluding hydrogens is 190 g/mol. The predicted molar refractivity (Wildman–Crippen MR) is 59.4 cm³/mol. The molecule has 0 aliphatic carbocycles. The summed E-state index contributed by atoms with van der Waals surface area (Å²) in [4.78, 5) is 0. The summed E-state index contributed by atoms with van der Waals surface area (Å²) in [6, 6.07) is 0. The van der Waals surface area contributed by atoms with Crippen molar-refractivity contribution in [3.05, 3.63) is 11.8 Å². The highest BCUT2D eigenvalue weighted by Gasteiger charge is 2.21. The summed E-state index contributed by atoms with van der Waals surface area (Å²) < 4.78 is 5.27. The molecule has 15 heavy (non-hydrogen) atoms. The maximum absolute atomic E-state index is 5.27. The van der Waals surface area contributed by atoms with Crippen molar-refractivity contribution in [1.29, 1.82) is 0 Å². The topological polar surface area (TPSA) is 51.0 Å². The van der Waals surface area contributed by atoms with Crippen molar-refractivity contribution >= 4 is 0 Å². The minimum Gasteiger partial charge on any atom is -0.424 e. The van der Waals surface area contributed by atoms with Gasteiger partial charge in [0.1, 0.15) is 0 Å². The molecule has 4 heteroatoms. The van der Waals surface area contributed by atoms with Crippen LogP contribution in [0.15, 0.2) is 4.42 Å². The monoisotopic (exact) mass is 211 g/mol. The van der Waals surface area contributed by atoms with Crippen molar-refractivity contribution in [3.63, 3.8) is 0 Å². The second-order valence-corrected chi connectivity index (χ2v) is 4.96. The number of hydrogen-bond donors (Lipinski definition) is 1. The standard InChI is InChI=1S/C11H21N3O/c1-8(2)11(4,5)7-12-6-10-14-13-9(3)15-10/h8,12H,6-7H2,1-5H3. The first-order valence-corrected chi connectivity index (χ1v) is 5.41. The highest BCUT2D eigenvalue weighted by atomic mass is 16.4. The molecule has 0 aromatic carbocycles. The van der Waals surface area contributed by atoms with Crippen molar-refractivity contribution in [2.24, 2.45) is 11.3 Å². The van der Waals surface area contributed by atoms with Gasteiger partial charge in [-0.25, -0.2) is 0 Å². The zero-order valence-corrected chi connectivity index (χ0v) is 10.3. The minimum absolute atomic E-state index is 0.287. The second-order valence-electron chi connectivity index (χ2n) is 4.96. The Bertz CT molecular complexity index is 305. The molecule has 0 radical (unpaired) electrons. The molecule has 1 aromatic rings. The Labute approximate surface area is 91.5 Å². The fourth-order valence-corrected chi connectivity index (χ4v) is 1.10. The maximum Gasteiger partial charge on any atom is 0.230 e. The third-order valence-corrected chi connectivity index (χ3v) is 2.99. The summed E-state index contributed by atoms with van der Waals surface area (Å²) in [7, 11) is 0. The van der Waals surface area contributed by atoms with Gasteiger partial charge in [-0.3, -0.25) is 0 Å². The molecule has 1 heterocycles. The van der Waals surface area contributed by atoms with Crippen LogP contribution in [-0.2, 0) is 6.54 Å². The lowest BCUT2D eigenvalue weighted by Crippen LogP contribution is -2.33. The van der Waals surface area contributed by atoms with Crippen LogP contribution in [0.1, 0.15) is 39.5 Å². The van der Waals surface area contributed by atoms with Gasteiger partial charge in [0.05, 0.1) is 6.54 Å². The highest BCUT2D eigenvalue weighted by Crippen LogP contribution is 2.24. The van der Waals surface area contributed by atoms with E-state index in [0.717, 1.165) is 6.54 Å². The zero-order valence-electron chi connectivity index (χ0n) is 10.3. The van der Waals surface area contributed by atoms with Crippen LogP contribution < -0.4 is 5.32 Å². The molecule has 0 atom stereocenters. The van der Waals surface area contributed by atoms with E-state index in [0.29, 0.717) is 24.2 Å². The molecule has 0 aliphatic heterocycles. The molecule has 0 saturated carbocycles. The fraction of sp³-hybridized carbons (Fsp3) is 0.818. The van der Waals surface area contributed by atoms with Crippen molar-refractivity contribution in [2.75, 3.05) is 6.54 Å². The lowest BCUT2D eigenvalue weighted by Gasteiger charge is -2.29. The average molecular weight is 211 g/mol. The smallest absolute Gasteiger partial charge is 0.230 e. The maximum atomic E-state index is 5.27. The van der Waals surface area contributed by atoms with Gasteiger partial charge in [-0.2, -0.15) is 0 Å². The highest BCUT2D eigenvalue weighted by molar-refractivity contribution is 4.80. The molecule has 0 amide bonds. The molecule has 86 valence electrons. The summed E-state index contributed by atoms with van der Waals surface area (Å²) in [6.07, 6.45) is 0. The molecule has 0 saturated heterocycles. The molecule has 1 rings (SSSR count). The first-order chi connectivity index (χ1) is 6.92. The lowest BCUT2D eigenvalue weighted by atomic mass is 9.81. The molecule has 0 spiro atoms. The van der Waals surface area contributed by atoms with E-state index in [9.17, 15) is 0 Å². The van der Waals surface area contributed by atoms with Crippen LogP contribution in [-0.4, -0.2) is 16.7 Å². The molecule has 0 unspecified atom stereocenters. The van der Waals surface area contributed by atoms with Crippen molar-refractivity contribution < 1.29 is 4.42 Å².